The lowest BCUT2D eigenvalue weighted by Gasteiger charge is -2.18. The minimum absolute atomic E-state index is 0.419. The Balaban J connectivity index is 2.44. The summed E-state index contributed by atoms with van der Waals surface area (Å²) in [5.74, 6) is 0.419. The van der Waals surface area contributed by atoms with Gasteiger partial charge in [-0.25, -0.2) is 0 Å². The first-order valence-corrected chi connectivity index (χ1v) is 9.23. The topological polar surface area (TPSA) is 20.2 Å². The zero-order valence-electron chi connectivity index (χ0n) is 15.3. The quantitative estimate of drug-likeness (QED) is 0.479. The molecule has 0 atom stereocenters. The molecule has 1 rings (SSSR count). The van der Waals surface area contributed by atoms with E-state index in [0.717, 1.165) is 12.8 Å². The van der Waals surface area contributed by atoms with Crippen molar-refractivity contribution in [3.8, 4) is 5.75 Å². The molecular formula is C21H36O. The second-order valence-electron chi connectivity index (χ2n) is 7.88. The van der Waals surface area contributed by atoms with Crippen LogP contribution in [0.2, 0.25) is 0 Å². The van der Waals surface area contributed by atoms with Crippen molar-refractivity contribution in [2.75, 3.05) is 0 Å². The van der Waals surface area contributed by atoms with E-state index < -0.39 is 0 Å². The summed E-state index contributed by atoms with van der Waals surface area (Å²) in [7, 11) is 0. The number of hydrogen-bond acceptors (Lipinski definition) is 1. The Kier molecular flexibility index (Phi) is 8.60. The molecule has 1 aromatic carbocycles. The summed E-state index contributed by atoms with van der Waals surface area (Å²) in [5, 5.41) is 9.76. The molecule has 0 fully saturated rings. The molecule has 1 heteroatoms. The number of hydrogen-bond donors (Lipinski definition) is 1. The molecular weight excluding hydrogens is 268 g/mol. The first-order chi connectivity index (χ1) is 10.4. The van der Waals surface area contributed by atoms with E-state index in [9.17, 15) is 5.11 Å². The highest BCUT2D eigenvalue weighted by molar-refractivity contribution is 5.35. The van der Waals surface area contributed by atoms with Gasteiger partial charge in [0.05, 0.1) is 0 Å². The molecule has 0 unspecified atom stereocenters. The van der Waals surface area contributed by atoms with Gasteiger partial charge in [-0.1, -0.05) is 65.9 Å². The van der Waals surface area contributed by atoms with Crippen molar-refractivity contribution in [3.05, 3.63) is 29.3 Å². The first kappa shape index (κ1) is 19.1. The van der Waals surface area contributed by atoms with Crippen molar-refractivity contribution in [2.24, 2.45) is 5.41 Å². The van der Waals surface area contributed by atoms with Crippen molar-refractivity contribution >= 4 is 0 Å². The van der Waals surface area contributed by atoms with E-state index in [2.05, 4.69) is 33.8 Å². The SMILES string of the molecule is CCCCCCCc1cc(O)ccc1CCCCC(C)(C)C. The molecule has 1 aromatic rings. The molecule has 0 saturated heterocycles. The first-order valence-electron chi connectivity index (χ1n) is 9.23. The van der Waals surface area contributed by atoms with E-state index in [1.807, 2.05) is 12.1 Å². The average Bonchev–Trinajstić information content (AvgIpc) is 2.44. The highest BCUT2D eigenvalue weighted by Crippen LogP contribution is 2.24. The van der Waals surface area contributed by atoms with E-state index in [4.69, 9.17) is 0 Å². The maximum absolute atomic E-state index is 9.76. The van der Waals surface area contributed by atoms with Gasteiger partial charge in [-0.3, -0.25) is 0 Å². The summed E-state index contributed by atoms with van der Waals surface area (Å²) >= 11 is 0. The van der Waals surface area contributed by atoms with Crippen molar-refractivity contribution in [3.63, 3.8) is 0 Å². The lowest BCUT2D eigenvalue weighted by molar-refractivity contribution is 0.360. The third kappa shape index (κ3) is 8.46. The summed E-state index contributed by atoms with van der Waals surface area (Å²) in [4.78, 5) is 0. The van der Waals surface area contributed by atoms with E-state index >= 15 is 0 Å². The van der Waals surface area contributed by atoms with Crippen LogP contribution in [-0.2, 0) is 12.8 Å². The highest BCUT2D eigenvalue weighted by Gasteiger charge is 2.10. The fraction of sp³-hybridized carbons (Fsp3) is 0.714. The largest absolute Gasteiger partial charge is 0.508 e. The van der Waals surface area contributed by atoms with E-state index in [1.165, 1.54) is 62.5 Å². The van der Waals surface area contributed by atoms with Crippen LogP contribution < -0.4 is 0 Å². The number of unbranched alkanes of at least 4 members (excludes halogenated alkanes) is 5. The smallest absolute Gasteiger partial charge is 0.115 e. The minimum Gasteiger partial charge on any atom is -0.508 e. The van der Waals surface area contributed by atoms with Crippen LogP contribution in [0.1, 0.15) is 90.2 Å². The summed E-state index contributed by atoms with van der Waals surface area (Å²) in [6.07, 6.45) is 12.7. The average molecular weight is 305 g/mol. The lowest BCUT2D eigenvalue weighted by atomic mass is 9.88. The second-order valence-corrected chi connectivity index (χ2v) is 7.88. The molecule has 0 heterocycles. The predicted octanol–water partition coefficient (Wildman–Crippen LogP) is 6.66. The zero-order chi connectivity index (χ0) is 16.4. The van der Waals surface area contributed by atoms with Gasteiger partial charge in [0.15, 0.2) is 0 Å². The third-order valence-corrected chi connectivity index (χ3v) is 4.36. The molecule has 0 radical (unpaired) electrons. The normalized spacial score (nSPS) is 11.8. The molecule has 0 aliphatic heterocycles. The van der Waals surface area contributed by atoms with Crippen molar-refractivity contribution in [2.45, 2.75) is 91.9 Å². The van der Waals surface area contributed by atoms with Crippen LogP contribution in [0.3, 0.4) is 0 Å². The fourth-order valence-electron chi connectivity index (χ4n) is 2.98. The van der Waals surface area contributed by atoms with Crippen LogP contribution in [0.15, 0.2) is 18.2 Å². The standard InChI is InChI=1S/C21H36O/c1-5-6-7-8-9-13-19-17-20(22)15-14-18(19)12-10-11-16-21(2,3)4/h14-15,17,22H,5-13,16H2,1-4H3. The zero-order valence-corrected chi connectivity index (χ0v) is 15.3. The number of benzene rings is 1. The lowest BCUT2D eigenvalue weighted by Crippen LogP contribution is -2.04. The van der Waals surface area contributed by atoms with E-state index in [0.29, 0.717) is 11.2 Å². The van der Waals surface area contributed by atoms with Crippen LogP contribution in [0.25, 0.3) is 0 Å². The Morgan fingerprint density at radius 1 is 0.818 bits per heavy atom. The molecule has 0 saturated carbocycles. The van der Waals surface area contributed by atoms with Crippen LogP contribution in [0.4, 0.5) is 0 Å². The van der Waals surface area contributed by atoms with Gasteiger partial charge in [-0.2, -0.15) is 0 Å². The minimum atomic E-state index is 0.419. The summed E-state index contributed by atoms with van der Waals surface area (Å²) in [6, 6.07) is 5.96. The van der Waals surface area contributed by atoms with Gasteiger partial charge in [0, 0.05) is 0 Å². The number of rotatable bonds is 10. The van der Waals surface area contributed by atoms with Gasteiger partial charge in [0.1, 0.15) is 5.75 Å². The monoisotopic (exact) mass is 304 g/mol. The van der Waals surface area contributed by atoms with Gasteiger partial charge in [-0.15, -0.1) is 0 Å². The molecule has 0 aromatic heterocycles. The fourth-order valence-corrected chi connectivity index (χ4v) is 2.98. The molecule has 0 bridgehead atoms. The van der Waals surface area contributed by atoms with Gasteiger partial charge in [0.25, 0.3) is 0 Å². The molecule has 0 aliphatic rings. The van der Waals surface area contributed by atoms with Crippen LogP contribution in [0.5, 0.6) is 5.75 Å². The maximum Gasteiger partial charge on any atom is 0.115 e. The highest BCUT2D eigenvalue weighted by atomic mass is 16.3. The van der Waals surface area contributed by atoms with Gasteiger partial charge >= 0.3 is 0 Å². The molecule has 0 aliphatic carbocycles. The predicted molar refractivity (Wildman–Crippen MR) is 97.6 cm³/mol. The second kappa shape index (κ2) is 9.92. The van der Waals surface area contributed by atoms with E-state index in [-0.39, 0.29) is 0 Å². The Morgan fingerprint density at radius 2 is 1.45 bits per heavy atom. The summed E-state index contributed by atoms with van der Waals surface area (Å²) in [5.41, 5.74) is 3.26. The Morgan fingerprint density at radius 3 is 2.14 bits per heavy atom. The maximum atomic E-state index is 9.76. The number of aromatic hydroxyl groups is 1. The summed E-state index contributed by atoms with van der Waals surface area (Å²) < 4.78 is 0. The molecule has 22 heavy (non-hydrogen) atoms. The van der Waals surface area contributed by atoms with Gasteiger partial charge < -0.3 is 5.11 Å². The molecule has 126 valence electrons. The Bertz CT molecular complexity index is 414. The van der Waals surface area contributed by atoms with Crippen LogP contribution in [0, 0.1) is 5.41 Å². The Hall–Kier alpha value is -0.980. The summed E-state index contributed by atoms with van der Waals surface area (Å²) in [6.45, 7) is 9.20. The number of phenols is 1. The molecule has 1 N–H and O–H groups in total. The third-order valence-electron chi connectivity index (χ3n) is 4.36. The van der Waals surface area contributed by atoms with Gasteiger partial charge in [0.2, 0.25) is 0 Å². The molecule has 1 nitrogen and oxygen atoms in total. The van der Waals surface area contributed by atoms with Crippen LogP contribution in [-0.4, -0.2) is 5.11 Å². The number of aryl methyl sites for hydroxylation is 2. The van der Waals surface area contributed by atoms with Crippen LogP contribution >= 0.6 is 0 Å². The van der Waals surface area contributed by atoms with Crippen molar-refractivity contribution in [1.82, 2.24) is 0 Å². The molecule has 0 amide bonds. The van der Waals surface area contributed by atoms with Gasteiger partial charge in [-0.05, 0) is 60.8 Å². The molecule has 0 spiro atoms. The van der Waals surface area contributed by atoms with Crippen molar-refractivity contribution < 1.29 is 5.11 Å². The van der Waals surface area contributed by atoms with E-state index in [1.54, 1.807) is 0 Å². The van der Waals surface area contributed by atoms with Crippen molar-refractivity contribution in [1.29, 1.82) is 0 Å². The number of phenolic OH excluding ortho intramolecular Hbond substituents is 1. The Labute approximate surface area is 138 Å².